The number of amides is 1. The number of nitrogens with zero attached hydrogens (tertiary/aromatic N) is 7. The Morgan fingerprint density at radius 2 is 2.10 bits per heavy atom. The van der Waals surface area contributed by atoms with Crippen molar-refractivity contribution in [1.82, 2.24) is 30.7 Å². The van der Waals surface area contributed by atoms with Crippen molar-refractivity contribution in [2.75, 3.05) is 30.5 Å². The zero-order chi connectivity index (χ0) is 21.1. The Balaban J connectivity index is 1.57. The van der Waals surface area contributed by atoms with Crippen LogP contribution in [0, 0.1) is 0 Å². The zero-order valence-corrected chi connectivity index (χ0v) is 16.3. The van der Waals surface area contributed by atoms with E-state index in [2.05, 4.69) is 35.8 Å². The summed E-state index contributed by atoms with van der Waals surface area (Å²) in [6.45, 7) is 5.24. The first-order valence-electron chi connectivity index (χ1n) is 9.14. The van der Waals surface area contributed by atoms with E-state index in [4.69, 9.17) is 15.2 Å². The number of benzene rings is 1. The van der Waals surface area contributed by atoms with Crippen molar-refractivity contribution in [1.29, 1.82) is 0 Å². The van der Waals surface area contributed by atoms with Gasteiger partial charge in [-0.2, -0.15) is 9.78 Å². The Hall–Kier alpha value is -4.16. The predicted octanol–water partition coefficient (Wildman–Crippen LogP) is 0.571. The minimum atomic E-state index is -0.546. The Bertz CT molecular complexity index is 1090. The summed E-state index contributed by atoms with van der Waals surface area (Å²) in [6, 6.07) is 5.32. The lowest BCUT2D eigenvalue weighted by Gasteiger charge is -2.21. The van der Waals surface area contributed by atoms with Crippen molar-refractivity contribution >= 4 is 23.8 Å². The second-order valence-corrected chi connectivity index (χ2v) is 6.13. The molecule has 13 heteroatoms. The summed E-state index contributed by atoms with van der Waals surface area (Å²) in [5.41, 5.74) is 9.02. The molecule has 3 aromatic rings. The van der Waals surface area contributed by atoms with Gasteiger partial charge in [-0.25, -0.2) is 10.1 Å². The summed E-state index contributed by atoms with van der Waals surface area (Å²) in [5, 5.41) is 19.3. The lowest BCUT2D eigenvalue weighted by Crippen LogP contribution is -2.29. The molecule has 0 saturated carbocycles. The Labute approximate surface area is 170 Å². The van der Waals surface area contributed by atoms with Gasteiger partial charge in [-0.05, 0) is 47.9 Å². The molecule has 0 atom stereocenters. The minimum Gasteiger partial charge on any atom is -0.454 e. The quantitative estimate of drug-likeness (QED) is 0.414. The maximum absolute atomic E-state index is 12.7. The van der Waals surface area contributed by atoms with Crippen LogP contribution in [0.1, 0.15) is 29.9 Å². The first-order chi connectivity index (χ1) is 14.6. The van der Waals surface area contributed by atoms with Gasteiger partial charge in [-0.15, -0.1) is 5.10 Å². The number of nitrogen functional groups attached to an aromatic ring is 1. The Kier molecular flexibility index (Phi) is 5.15. The van der Waals surface area contributed by atoms with Gasteiger partial charge in [-0.3, -0.25) is 4.79 Å². The number of aromatic nitrogens is 5. The molecule has 4 rings (SSSR count). The summed E-state index contributed by atoms with van der Waals surface area (Å²) < 4.78 is 16.5. The number of hydrogen-bond donors (Lipinski definition) is 2. The standard InChI is InChI=1S/C17H19N9O4/c1-3-25(4-2)17-13(20-24-26(17)15-14(18)22-30-23-15)16(27)21-19-8-10-5-6-11-12(7-10)29-9-28-11/h5-8H,3-4,9H2,1-2H3,(H2,18,22)(H,21,27). The lowest BCUT2D eigenvalue weighted by molar-refractivity contribution is 0.0950. The summed E-state index contributed by atoms with van der Waals surface area (Å²) in [5.74, 6) is 1.32. The number of carbonyl (C=O) groups is 1. The van der Waals surface area contributed by atoms with Crippen LogP contribution in [-0.2, 0) is 0 Å². The summed E-state index contributed by atoms with van der Waals surface area (Å²) in [4.78, 5) is 14.6. The van der Waals surface area contributed by atoms with E-state index in [1.165, 1.54) is 10.9 Å². The van der Waals surface area contributed by atoms with E-state index in [0.717, 1.165) is 5.56 Å². The number of rotatable bonds is 7. The van der Waals surface area contributed by atoms with E-state index in [1.54, 1.807) is 18.2 Å². The van der Waals surface area contributed by atoms with Crippen LogP contribution in [0.2, 0.25) is 0 Å². The molecular formula is C17H19N9O4. The highest BCUT2D eigenvalue weighted by Gasteiger charge is 2.27. The largest absolute Gasteiger partial charge is 0.454 e. The topological polar surface area (TPSA) is 159 Å². The Morgan fingerprint density at radius 3 is 2.83 bits per heavy atom. The van der Waals surface area contributed by atoms with Gasteiger partial charge in [0.05, 0.1) is 6.21 Å². The van der Waals surface area contributed by atoms with Gasteiger partial charge in [0.1, 0.15) is 0 Å². The molecule has 0 bridgehead atoms. The van der Waals surface area contributed by atoms with Gasteiger partial charge in [0, 0.05) is 13.1 Å². The molecule has 0 saturated heterocycles. The van der Waals surface area contributed by atoms with E-state index in [1.807, 2.05) is 18.7 Å². The number of hydrazone groups is 1. The SMILES string of the molecule is CCN(CC)c1c(C(=O)NN=Cc2ccc3c(c2)OCO3)nnn1-c1nonc1N. The van der Waals surface area contributed by atoms with Crippen molar-refractivity contribution in [2.45, 2.75) is 13.8 Å². The lowest BCUT2D eigenvalue weighted by atomic mass is 10.2. The molecule has 1 aliphatic heterocycles. The molecule has 3 heterocycles. The molecule has 1 aromatic carbocycles. The molecule has 1 aliphatic rings. The van der Waals surface area contributed by atoms with E-state index in [9.17, 15) is 4.79 Å². The van der Waals surface area contributed by atoms with Gasteiger partial charge >= 0.3 is 0 Å². The number of ether oxygens (including phenoxy) is 2. The van der Waals surface area contributed by atoms with Crippen LogP contribution in [0.3, 0.4) is 0 Å². The van der Waals surface area contributed by atoms with E-state index in [0.29, 0.717) is 30.4 Å². The number of carbonyl (C=O) groups excluding carboxylic acids is 1. The van der Waals surface area contributed by atoms with Crippen LogP contribution in [0.15, 0.2) is 27.9 Å². The second-order valence-electron chi connectivity index (χ2n) is 6.13. The molecule has 30 heavy (non-hydrogen) atoms. The number of hydrogen-bond acceptors (Lipinski definition) is 11. The summed E-state index contributed by atoms with van der Waals surface area (Å²) >= 11 is 0. The number of nitrogens with one attached hydrogen (secondary N) is 1. The molecule has 0 radical (unpaired) electrons. The van der Waals surface area contributed by atoms with Crippen LogP contribution in [0.25, 0.3) is 5.82 Å². The number of nitrogens with two attached hydrogens (primary N) is 1. The molecule has 0 unspecified atom stereocenters. The second kappa shape index (κ2) is 8.06. The van der Waals surface area contributed by atoms with Crippen molar-refractivity contribution in [3.05, 3.63) is 29.5 Å². The fraction of sp³-hybridized carbons (Fsp3) is 0.294. The van der Waals surface area contributed by atoms with Crippen LogP contribution in [-0.4, -0.2) is 57.3 Å². The van der Waals surface area contributed by atoms with Crippen LogP contribution >= 0.6 is 0 Å². The molecule has 3 N–H and O–H groups in total. The normalized spacial score (nSPS) is 12.5. The zero-order valence-electron chi connectivity index (χ0n) is 16.3. The third-order valence-corrected chi connectivity index (χ3v) is 4.40. The molecule has 0 spiro atoms. The van der Waals surface area contributed by atoms with Crippen molar-refractivity contribution < 1.29 is 18.9 Å². The summed E-state index contributed by atoms with van der Waals surface area (Å²) in [7, 11) is 0. The maximum atomic E-state index is 12.7. The predicted molar refractivity (Wildman–Crippen MR) is 105 cm³/mol. The van der Waals surface area contributed by atoms with Gasteiger partial charge < -0.3 is 20.1 Å². The first-order valence-corrected chi connectivity index (χ1v) is 9.14. The van der Waals surface area contributed by atoms with Gasteiger partial charge in [0.25, 0.3) is 5.91 Å². The molecule has 0 aliphatic carbocycles. The minimum absolute atomic E-state index is 0.0288. The van der Waals surface area contributed by atoms with E-state index < -0.39 is 5.91 Å². The van der Waals surface area contributed by atoms with Gasteiger partial charge in [-0.1, -0.05) is 5.21 Å². The third-order valence-electron chi connectivity index (χ3n) is 4.40. The fourth-order valence-electron chi connectivity index (χ4n) is 2.92. The monoisotopic (exact) mass is 413 g/mol. The summed E-state index contributed by atoms with van der Waals surface area (Å²) in [6.07, 6.45) is 1.49. The molecular weight excluding hydrogens is 394 g/mol. The van der Waals surface area contributed by atoms with Crippen molar-refractivity contribution in [3.8, 4) is 17.3 Å². The smallest absolute Gasteiger partial charge is 0.295 e. The highest BCUT2D eigenvalue weighted by molar-refractivity contribution is 5.97. The fourth-order valence-corrected chi connectivity index (χ4v) is 2.92. The molecule has 2 aromatic heterocycles. The van der Waals surface area contributed by atoms with E-state index in [-0.39, 0.29) is 24.1 Å². The van der Waals surface area contributed by atoms with Crippen LogP contribution < -0.4 is 25.5 Å². The third kappa shape index (κ3) is 3.47. The van der Waals surface area contributed by atoms with Gasteiger partial charge in [0.15, 0.2) is 23.0 Å². The molecule has 1 amide bonds. The maximum Gasteiger partial charge on any atom is 0.295 e. The molecule has 0 fully saturated rings. The highest BCUT2D eigenvalue weighted by atomic mass is 16.7. The van der Waals surface area contributed by atoms with Crippen LogP contribution in [0.4, 0.5) is 11.6 Å². The first kappa shape index (κ1) is 19.2. The number of anilines is 2. The Morgan fingerprint density at radius 1 is 1.30 bits per heavy atom. The average molecular weight is 413 g/mol. The van der Waals surface area contributed by atoms with E-state index >= 15 is 0 Å². The van der Waals surface area contributed by atoms with Crippen molar-refractivity contribution in [2.24, 2.45) is 5.10 Å². The molecule has 156 valence electrons. The van der Waals surface area contributed by atoms with Crippen molar-refractivity contribution in [3.63, 3.8) is 0 Å². The average Bonchev–Trinajstić information content (AvgIpc) is 3.48. The molecule has 13 nitrogen and oxygen atoms in total. The van der Waals surface area contributed by atoms with Crippen LogP contribution in [0.5, 0.6) is 11.5 Å². The highest BCUT2D eigenvalue weighted by Crippen LogP contribution is 2.32. The van der Waals surface area contributed by atoms with Gasteiger partial charge in [0.2, 0.25) is 18.4 Å². The number of fused-ring (bicyclic) bond motifs is 1.